The standard InChI is InChI=1S/C64H41NOS/c1-4-13-42(14-5-1)49-30-35-58-60(39-49)66-64-55(47-17-8-3-9-18-47)37-38-59(63(58)64)65(52-33-36-57-56-34-29-50(43-15-6-2-7-16-43)40-61(56)67-62(57)41-52)51-31-27-45(28-32-51)44-23-25-48(26-24-44)54-22-12-20-46-19-10-11-21-53(46)54/h1-41H. The Kier molecular flexibility index (Phi) is 9.40. The molecule has 67 heavy (non-hydrogen) atoms. The Labute approximate surface area is 392 Å². The van der Waals surface area contributed by atoms with Crippen LogP contribution in [-0.4, -0.2) is 0 Å². The van der Waals surface area contributed by atoms with Crippen molar-refractivity contribution in [1.82, 2.24) is 0 Å². The van der Waals surface area contributed by atoms with Gasteiger partial charge in [-0.2, -0.15) is 0 Å². The second-order valence-electron chi connectivity index (χ2n) is 17.2. The minimum absolute atomic E-state index is 0.859. The van der Waals surface area contributed by atoms with Gasteiger partial charge in [0.25, 0.3) is 0 Å². The van der Waals surface area contributed by atoms with Gasteiger partial charge in [-0.25, -0.2) is 0 Å². The summed E-state index contributed by atoms with van der Waals surface area (Å²) in [5.74, 6) is 0. The maximum atomic E-state index is 7.04. The van der Waals surface area contributed by atoms with E-state index in [1.165, 1.54) is 58.8 Å². The molecule has 2 heterocycles. The second-order valence-corrected chi connectivity index (χ2v) is 18.3. The van der Waals surface area contributed by atoms with Gasteiger partial charge in [-0.05, 0) is 115 Å². The minimum atomic E-state index is 0.859. The van der Waals surface area contributed by atoms with E-state index in [9.17, 15) is 0 Å². The van der Waals surface area contributed by atoms with Crippen molar-refractivity contribution in [2.45, 2.75) is 0 Å². The van der Waals surface area contributed by atoms with Gasteiger partial charge in [0.05, 0.1) is 11.1 Å². The molecule has 0 saturated carbocycles. The van der Waals surface area contributed by atoms with E-state index < -0.39 is 0 Å². The predicted octanol–water partition coefficient (Wildman–Crippen LogP) is 18.9. The monoisotopic (exact) mass is 871 g/mol. The van der Waals surface area contributed by atoms with Gasteiger partial charge in [-0.1, -0.05) is 194 Å². The zero-order valence-corrected chi connectivity index (χ0v) is 37.3. The van der Waals surface area contributed by atoms with Crippen molar-refractivity contribution in [3.05, 3.63) is 249 Å². The number of nitrogens with zero attached hydrogens (tertiary/aromatic N) is 1. The molecule has 13 rings (SSSR count). The summed E-state index contributed by atoms with van der Waals surface area (Å²) in [7, 11) is 0. The van der Waals surface area contributed by atoms with Crippen LogP contribution < -0.4 is 4.90 Å². The highest BCUT2D eigenvalue weighted by molar-refractivity contribution is 7.25. The molecule has 0 amide bonds. The van der Waals surface area contributed by atoms with Gasteiger partial charge >= 0.3 is 0 Å². The van der Waals surface area contributed by atoms with Crippen LogP contribution in [0.25, 0.3) is 109 Å². The number of furan rings is 1. The second kappa shape index (κ2) is 16.2. The molecule has 0 unspecified atom stereocenters. The van der Waals surface area contributed by atoms with Crippen molar-refractivity contribution in [2.24, 2.45) is 0 Å². The van der Waals surface area contributed by atoms with E-state index >= 15 is 0 Å². The number of fused-ring (bicyclic) bond motifs is 7. The van der Waals surface area contributed by atoms with E-state index in [4.69, 9.17) is 4.42 Å². The topological polar surface area (TPSA) is 16.4 Å². The molecule has 0 N–H and O–H groups in total. The van der Waals surface area contributed by atoms with Gasteiger partial charge in [0, 0.05) is 42.5 Å². The molecule has 0 fully saturated rings. The molecule has 2 aromatic heterocycles. The number of anilines is 3. The van der Waals surface area contributed by atoms with Gasteiger partial charge in [0.2, 0.25) is 0 Å². The normalized spacial score (nSPS) is 11.6. The van der Waals surface area contributed by atoms with Crippen molar-refractivity contribution in [1.29, 1.82) is 0 Å². The summed E-state index contributed by atoms with van der Waals surface area (Å²) in [6, 6.07) is 90.0. The van der Waals surface area contributed by atoms with Crippen LogP contribution in [0.5, 0.6) is 0 Å². The third kappa shape index (κ3) is 6.88. The average Bonchev–Trinajstić information content (AvgIpc) is 3.98. The van der Waals surface area contributed by atoms with Crippen LogP contribution in [0, 0.1) is 0 Å². The molecule has 13 aromatic rings. The third-order valence-electron chi connectivity index (χ3n) is 13.3. The lowest BCUT2D eigenvalue weighted by atomic mass is 9.96. The van der Waals surface area contributed by atoms with Gasteiger partial charge in [0.15, 0.2) is 0 Å². The summed E-state index contributed by atoms with van der Waals surface area (Å²) in [6.45, 7) is 0. The maximum absolute atomic E-state index is 7.04. The molecule has 0 aliphatic carbocycles. The number of benzene rings is 11. The largest absolute Gasteiger partial charge is 0.455 e. The molecule has 0 spiro atoms. The van der Waals surface area contributed by atoms with Crippen LogP contribution in [0.3, 0.4) is 0 Å². The zero-order valence-electron chi connectivity index (χ0n) is 36.4. The van der Waals surface area contributed by atoms with Crippen molar-refractivity contribution in [2.75, 3.05) is 4.90 Å². The van der Waals surface area contributed by atoms with Gasteiger partial charge in [-0.3, -0.25) is 0 Å². The number of thiophene rings is 1. The van der Waals surface area contributed by atoms with E-state index in [-0.39, 0.29) is 0 Å². The molecule has 0 aliphatic heterocycles. The van der Waals surface area contributed by atoms with Crippen molar-refractivity contribution in [3.8, 4) is 55.6 Å². The molecule has 0 saturated heterocycles. The molecule has 0 atom stereocenters. The number of hydrogen-bond acceptors (Lipinski definition) is 3. The summed E-state index contributed by atoms with van der Waals surface area (Å²) < 4.78 is 9.56. The molecule has 2 nitrogen and oxygen atoms in total. The summed E-state index contributed by atoms with van der Waals surface area (Å²) >= 11 is 1.85. The van der Waals surface area contributed by atoms with Crippen LogP contribution in [0.2, 0.25) is 0 Å². The molecule has 3 heteroatoms. The lowest BCUT2D eigenvalue weighted by Gasteiger charge is -2.27. The van der Waals surface area contributed by atoms with Crippen LogP contribution >= 0.6 is 11.3 Å². The van der Waals surface area contributed by atoms with Crippen molar-refractivity contribution >= 4 is 81.3 Å². The molecule has 314 valence electrons. The third-order valence-corrected chi connectivity index (χ3v) is 14.4. The first-order valence-electron chi connectivity index (χ1n) is 22.8. The van der Waals surface area contributed by atoms with Gasteiger partial charge in [0.1, 0.15) is 11.2 Å². The van der Waals surface area contributed by atoms with Gasteiger partial charge in [-0.15, -0.1) is 11.3 Å². The molecular weight excluding hydrogens is 831 g/mol. The summed E-state index contributed by atoms with van der Waals surface area (Å²) in [5.41, 5.74) is 16.6. The summed E-state index contributed by atoms with van der Waals surface area (Å²) in [6.07, 6.45) is 0. The van der Waals surface area contributed by atoms with E-state index in [0.29, 0.717) is 0 Å². The minimum Gasteiger partial charge on any atom is -0.455 e. The first kappa shape index (κ1) is 38.9. The molecule has 0 radical (unpaired) electrons. The maximum Gasteiger partial charge on any atom is 0.145 e. The molecule has 0 bridgehead atoms. The smallest absolute Gasteiger partial charge is 0.145 e. The zero-order chi connectivity index (χ0) is 44.3. The first-order chi connectivity index (χ1) is 33.2. The van der Waals surface area contributed by atoms with Crippen LogP contribution in [0.1, 0.15) is 0 Å². The SMILES string of the molecule is c1ccc(-c2ccc3c(c2)oc2c(-c4ccccc4)ccc(N(c4ccc(-c5ccc(-c6cccc7ccccc67)cc5)cc4)c4ccc5c(c4)sc4cc(-c6ccccc6)ccc45)c23)cc1. The Morgan fingerprint density at radius 1 is 0.313 bits per heavy atom. The summed E-state index contributed by atoms with van der Waals surface area (Å²) in [5, 5.41) is 7.21. The highest BCUT2D eigenvalue weighted by atomic mass is 32.1. The van der Waals surface area contributed by atoms with Crippen LogP contribution in [0.4, 0.5) is 17.1 Å². The van der Waals surface area contributed by atoms with Crippen LogP contribution in [-0.2, 0) is 0 Å². The van der Waals surface area contributed by atoms with E-state index in [1.807, 2.05) is 11.3 Å². The fourth-order valence-electron chi connectivity index (χ4n) is 9.97. The quantitative estimate of drug-likeness (QED) is 0.151. The van der Waals surface area contributed by atoms with E-state index in [1.54, 1.807) is 0 Å². The Bertz CT molecular complexity index is 3940. The Hall–Kier alpha value is -8.50. The highest BCUT2D eigenvalue weighted by Crippen LogP contribution is 2.48. The Morgan fingerprint density at radius 2 is 0.821 bits per heavy atom. The van der Waals surface area contributed by atoms with Gasteiger partial charge < -0.3 is 9.32 Å². The fourth-order valence-corrected chi connectivity index (χ4v) is 11.1. The average molecular weight is 872 g/mol. The number of hydrogen-bond donors (Lipinski definition) is 0. The Balaban J connectivity index is 0.974. The van der Waals surface area contributed by atoms with Crippen molar-refractivity contribution in [3.63, 3.8) is 0 Å². The van der Waals surface area contributed by atoms with Crippen LogP contribution in [0.15, 0.2) is 253 Å². The lowest BCUT2D eigenvalue weighted by molar-refractivity contribution is 0.670. The fraction of sp³-hybridized carbons (Fsp3) is 0. The lowest BCUT2D eigenvalue weighted by Crippen LogP contribution is -2.10. The first-order valence-corrected chi connectivity index (χ1v) is 23.6. The summed E-state index contributed by atoms with van der Waals surface area (Å²) in [4.78, 5) is 2.42. The number of rotatable bonds is 8. The van der Waals surface area contributed by atoms with Crippen molar-refractivity contribution < 1.29 is 4.42 Å². The van der Waals surface area contributed by atoms with E-state index in [2.05, 4.69) is 254 Å². The Morgan fingerprint density at radius 3 is 1.54 bits per heavy atom. The van der Waals surface area contributed by atoms with E-state index in [0.717, 1.165) is 66.8 Å². The highest BCUT2D eigenvalue weighted by Gasteiger charge is 2.23. The molecule has 11 aromatic carbocycles. The predicted molar refractivity (Wildman–Crippen MR) is 286 cm³/mol. The molecular formula is C64H41NOS. The molecule has 0 aliphatic rings.